The average Bonchev–Trinajstić information content (AvgIpc) is 2.38. The first kappa shape index (κ1) is 10.3. The fourth-order valence-corrected chi connectivity index (χ4v) is 1.45. The summed E-state index contributed by atoms with van der Waals surface area (Å²) in [7, 11) is 0. The van der Waals surface area contributed by atoms with Crippen molar-refractivity contribution in [3.05, 3.63) is 71.3 Å². The SMILES string of the molecule is C#Cc1ccc(C=Cc2ccccc2)cc1. The van der Waals surface area contributed by atoms with Gasteiger partial charge in [-0.1, -0.05) is 60.5 Å². The molecule has 0 heterocycles. The summed E-state index contributed by atoms with van der Waals surface area (Å²) < 4.78 is 0. The van der Waals surface area contributed by atoms with E-state index in [0.29, 0.717) is 0 Å². The van der Waals surface area contributed by atoms with Crippen LogP contribution in [0, 0.1) is 12.3 Å². The molecule has 0 amide bonds. The maximum atomic E-state index is 5.30. The van der Waals surface area contributed by atoms with Gasteiger partial charge in [0.2, 0.25) is 0 Å². The third-order valence-electron chi connectivity index (χ3n) is 2.35. The van der Waals surface area contributed by atoms with Gasteiger partial charge in [0.25, 0.3) is 0 Å². The van der Waals surface area contributed by atoms with Gasteiger partial charge >= 0.3 is 0 Å². The van der Waals surface area contributed by atoms with Gasteiger partial charge in [-0.05, 0) is 23.3 Å². The third-order valence-corrected chi connectivity index (χ3v) is 2.35. The second-order valence-electron chi connectivity index (χ2n) is 3.51. The van der Waals surface area contributed by atoms with E-state index in [-0.39, 0.29) is 0 Å². The lowest BCUT2D eigenvalue weighted by molar-refractivity contribution is 1.61. The number of hydrogen-bond donors (Lipinski definition) is 0. The van der Waals surface area contributed by atoms with Crippen molar-refractivity contribution < 1.29 is 0 Å². The van der Waals surface area contributed by atoms with Crippen molar-refractivity contribution >= 4 is 12.2 Å². The van der Waals surface area contributed by atoms with Crippen molar-refractivity contribution in [2.24, 2.45) is 0 Å². The molecule has 0 unspecified atom stereocenters. The molecule has 0 heteroatoms. The quantitative estimate of drug-likeness (QED) is 0.515. The van der Waals surface area contributed by atoms with Crippen molar-refractivity contribution in [3.63, 3.8) is 0 Å². The molecular weight excluding hydrogens is 192 g/mol. The second kappa shape index (κ2) is 5.00. The largest absolute Gasteiger partial charge is 0.115 e. The molecule has 0 N–H and O–H groups in total. The molecule has 0 nitrogen and oxygen atoms in total. The number of rotatable bonds is 2. The lowest BCUT2D eigenvalue weighted by atomic mass is 10.1. The third kappa shape index (κ3) is 2.62. The summed E-state index contributed by atoms with van der Waals surface area (Å²) in [5, 5.41) is 0. The van der Waals surface area contributed by atoms with Gasteiger partial charge in [-0.3, -0.25) is 0 Å². The van der Waals surface area contributed by atoms with Crippen molar-refractivity contribution in [1.29, 1.82) is 0 Å². The zero-order valence-electron chi connectivity index (χ0n) is 8.93. The minimum absolute atomic E-state index is 0.914. The molecule has 0 aliphatic carbocycles. The number of terminal acetylenes is 1. The van der Waals surface area contributed by atoms with Crippen LogP contribution < -0.4 is 0 Å². The van der Waals surface area contributed by atoms with E-state index in [1.54, 1.807) is 0 Å². The van der Waals surface area contributed by atoms with Crippen LogP contribution in [-0.2, 0) is 0 Å². The van der Waals surface area contributed by atoms with E-state index < -0.39 is 0 Å². The first-order valence-corrected chi connectivity index (χ1v) is 5.18. The second-order valence-corrected chi connectivity index (χ2v) is 3.51. The molecule has 0 bridgehead atoms. The topological polar surface area (TPSA) is 0 Å². The van der Waals surface area contributed by atoms with Crippen LogP contribution in [0.25, 0.3) is 12.2 Å². The van der Waals surface area contributed by atoms with Crippen LogP contribution in [0.4, 0.5) is 0 Å². The van der Waals surface area contributed by atoms with Gasteiger partial charge in [-0.25, -0.2) is 0 Å². The van der Waals surface area contributed by atoms with E-state index in [2.05, 4.69) is 30.2 Å². The zero-order chi connectivity index (χ0) is 11.2. The first-order valence-electron chi connectivity index (χ1n) is 5.18. The molecule has 2 aromatic carbocycles. The number of benzene rings is 2. The Morgan fingerprint density at radius 3 is 1.88 bits per heavy atom. The summed E-state index contributed by atoms with van der Waals surface area (Å²) in [5.41, 5.74) is 3.27. The monoisotopic (exact) mass is 204 g/mol. The van der Waals surface area contributed by atoms with Crippen LogP contribution in [0.3, 0.4) is 0 Å². The summed E-state index contributed by atoms with van der Waals surface area (Å²) in [5.74, 6) is 2.60. The molecular formula is C16H12. The van der Waals surface area contributed by atoms with Crippen molar-refractivity contribution in [2.45, 2.75) is 0 Å². The van der Waals surface area contributed by atoms with Gasteiger partial charge in [-0.15, -0.1) is 6.42 Å². The first-order chi connectivity index (χ1) is 7.88. The van der Waals surface area contributed by atoms with Crippen LogP contribution in [0.5, 0.6) is 0 Å². The van der Waals surface area contributed by atoms with Gasteiger partial charge in [-0.2, -0.15) is 0 Å². The number of hydrogen-bond acceptors (Lipinski definition) is 0. The van der Waals surface area contributed by atoms with E-state index in [1.807, 2.05) is 42.5 Å². The summed E-state index contributed by atoms with van der Waals surface area (Å²) in [6.45, 7) is 0. The van der Waals surface area contributed by atoms with Gasteiger partial charge in [0.05, 0.1) is 0 Å². The summed E-state index contributed by atoms with van der Waals surface area (Å²) in [6.07, 6.45) is 9.46. The maximum absolute atomic E-state index is 5.30. The minimum Gasteiger partial charge on any atom is -0.115 e. The molecule has 0 saturated heterocycles. The van der Waals surface area contributed by atoms with E-state index in [0.717, 1.165) is 11.1 Å². The smallest absolute Gasteiger partial charge is 0.0243 e. The van der Waals surface area contributed by atoms with Crippen molar-refractivity contribution in [3.8, 4) is 12.3 Å². The molecule has 2 aromatic rings. The van der Waals surface area contributed by atoms with Crippen LogP contribution >= 0.6 is 0 Å². The Morgan fingerprint density at radius 2 is 1.31 bits per heavy atom. The molecule has 76 valence electrons. The maximum Gasteiger partial charge on any atom is 0.0243 e. The van der Waals surface area contributed by atoms with Crippen LogP contribution in [0.1, 0.15) is 16.7 Å². The molecule has 16 heavy (non-hydrogen) atoms. The van der Waals surface area contributed by atoms with Crippen LogP contribution in [0.2, 0.25) is 0 Å². The predicted octanol–water partition coefficient (Wildman–Crippen LogP) is 3.84. The Morgan fingerprint density at radius 1 is 0.750 bits per heavy atom. The Kier molecular flexibility index (Phi) is 3.21. The van der Waals surface area contributed by atoms with E-state index in [1.165, 1.54) is 5.56 Å². The lowest BCUT2D eigenvalue weighted by Gasteiger charge is -1.95. The molecule has 0 aliphatic rings. The summed E-state index contributed by atoms with van der Waals surface area (Å²) in [4.78, 5) is 0. The highest BCUT2D eigenvalue weighted by Gasteiger charge is 1.88. The summed E-state index contributed by atoms with van der Waals surface area (Å²) in [6, 6.07) is 18.2. The highest BCUT2D eigenvalue weighted by atomic mass is 13.9. The fourth-order valence-electron chi connectivity index (χ4n) is 1.45. The Labute approximate surface area is 96.3 Å². The molecule has 0 aromatic heterocycles. The molecule has 0 fully saturated rings. The molecule has 0 radical (unpaired) electrons. The van der Waals surface area contributed by atoms with Crippen LogP contribution in [0.15, 0.2) is 54.6 Å². The molecule has 0 aliphatic heterocycles. The van der Waals surface area contributed by atoms with Gasteiger partial charge in [0, 0.05) is 5.56 Å². The normalized spacial score (nSPS) is 10.2. The van der Waals surface area contributed by atoms with Gasteiger partial charge in [0.1, 0.15) is 0 Å². The van der Waals surface area contributed by atoms with E-state index in [4.69, 9.17) is 6.42 Å². The molecule has 0 atom stereocenters. The molecule has 2 rings (SSSR count). The Balaban J connectivity index is 2.15. The predicted molar refractivity (Wildman–Crippen MR) is 69.7 cm³/mol. The Bertz CT molecular complexity index is 510. The molecule has 0 spiro atoms. The van der Waals surface area contributed by atoms with Crippen molar-refractivity contribution in [2.75, 3.05) is 0 Å². The Hall–Kier alpha value is -2.26. The average molecular weight is 204 g/mol. The zero-order valence-corrected chi connectivity index (χ0v) is 8.93. The van der Waals surface area contributed by atoms with Gasteiger partial charge in [0.15, 0.2) is 0 Å². The standard InChI is InChI=1S/C16H12/c1-2-14-8-10-16(11-9-14)13-12-15-6-4-3-5-7-15/h1,3-13H. The van der Waals surface area contributed by atoms with Crippen molar-refractivity contribution in [1.82, 2.24) is 0 Å². The van der Waals surface area contributed by atoms with Crippen LogP contribution in [-0.4, -0.2) is 0 Å². The fraction of sp³-hybridized carbons (Fsp3) is 0. The highest BCUT2D eigenvalue weighted by molar-refractivity contribution is 5.69. The highest BCUT2D eigenvalue weighted by Crippen LogP contribution is 2.09. The lowest BCUT2D eigenvalue weighted by Crippen LogP contribution is -1.75. The van der Waals surface area contributed by atoms with Gasteiger partial charge < -0.3 is 0 Å². The summed E-state index contributed by atoms with van der Waals surface area (Å²) >= 11 is 0. The van der Waals surface area contributed by atoms with E-state index in [9.17, 15) is 0 Å². The molecule has 0 saturated carbocycles. The minimum atomic E-state index is 0.914. The van der Waals surface area contributed by atoms with E-state index >= 15 is 0 Å².